The lowest BCUT2D eigenvalue weighted by atomic mass is 10.3. The number of halogens is 4. The SMILES string of the molecule is Fc1cc(F)c(NCc2ccc(Br)s2)cc1F. The molecule has 2 rings (SSSR count). The van der Waals surface area contributed by atoms with Crippen LogP contribution >= 0.6 is 27.3 Å². The van der Waals surface area contributed by atoms with Gasteiger partial charge in [-0.05, 0) is 28.1 Å². The largest absolute Gasteiger partial charge is 0.378 e. The van der Waals surface area contributed by atoms with Gasteiger partial charge in [0, 0.05) is 23.6 Å². The van der Waals surface area contributed by atoms with E-state index in [1.54, 1.807) is 0 Å². The Kier molecular flexibility index (Phi) is 3.73. The number of nitrogens with one attached hydrogen (secondary N) is 1. The second kappa shape index (κ2) is 5.10. The van der Waals surface area contributed by atoms with E-state index in [2.05, 4.69) is 21.2 Å². The van der Waals surface area contributed by atoms with Crippen LogP contribution in [0.5, 0.6) is 0 Å². The minimum Gasteiger partial charge on any atom is -0.378 e. The van der Waals surface area contributed by atoms with Crippen LogP contribution in [0.15, 0.2) is 28.1 Å². The molecule has 0 aliphatic heterocycles. The Labute approximate surface area is 108 Å². The van der Waals surface area contributed by atoms with Crippen molar-refractivity contribution in [2.45, 2.75) is 6.54 Å². The number of thiophene rings is 1. The molecule has 0 fully saturated rings. The molecule has 0 saturated heterocycles. The summed E-state index contributed by atoms with van der Waals surface area (Å²) < 4.78 is 39.8. The maximum Gasteiger partial charge on any atom is 0.161 e. The Bertz CT molecular complexity index is 542. The van der Waals surface area contributed by atoms with Gasteiger partial charge in [0.2, 0.25) is 0 Å². The number of hydrogen-bond donors (Lipinski definition) is 1. The van der Waals surface area contributed by atoms with E-state index in [-0.39, 0.29) is 5.69 Å². The fraction of sp³-hybridized carbons (Fsp3) is 0.0909. The Morgan fingerprint density at radius 1 is 1.06 bits per heavy atom. The highest BCUT2D eigenvalue weighted by Gasteiger charge is 2.09. The van der Waals surface area contributed by atoms with Gasteiger partial charge in [0.25, 0.3) is 0 Å². The third-order valence-electron chi connectivity index (χ3n) is 2.09. The Morgan fingerprint density at radius 3 is 2.41 bits per heavy atom. The highest BCUT2D eigenvalue weighted by molar-refractivity contribution is 9.11. The molecule has 17 heavy (non-hydrogen) atoms. The molecule has 0 atom stereocenters. The van der Waals surface area contributed by atoms with Gasteiger partial charge < -0.3 is 5.32 Å². The monoisotopic (exact) mass is 321 g/mol. The third-order valence-corrected chi connectivity index (χ3v) is 3.72. The summed E-state index contributed by atoms with van der Waals surface area (Å²) in [6.45, 7) is 0.359. The van der Waals surface area contributed by atoms with Gasteiger partial charge in [-0.15, -0.1) is 11.3 Å². The number of benzene rings is 1. The van der Waals surface area contributed by atoms with E-state index in [0.717, 1.165) is 14.7 Å². The molecule has 0 saturated carbocycles. The number of hydrogen-bond acceptors (Lipinski definition) is 2. The van der Waals surface area contributed by atoms with Crippen molar-refractivity contribution in [3.63, 3.8) is 0 Å². The van der Waals surface area contributed by atoms with Crippen molar-refractivity contribution in [1.82, 2.24) is 0 Å². The maximum absolute atomic E-state index is 13.3. The predicted molar refractivity (Wildman–Crippen MR) is 65.7 cm³/mol. The Hall–Kier alpha value is -1.01. The molecule has 1 aromatic heterocycles. The normalized spacial score (nSPS) is 10.6. The molecule has 0 bridgehead atoms. The molecular formula is C11H7BrF3NS. The third kappa shape index (κ3) is 3.01. The molecule has 1 heterocycles. The zero-order valence-corrected chi connectivity index (χ0v) is 10.8. The minimum absolute atomic E-state index is 0.0478. The Balaban J connectivity index is 2.11. The van der Waals surface area contributed by atoms with Crippen molar-refractivity contribution in [3.05, 3.63) is 50.4 Å². The summed E-state index contributed by atoms with van der Waals surface area (Å²) in [5.41, 5.74) is -0.0478. The number of anilines is 1. The van der Waals surface area contributed by atoms with Crippen molar-refractivity contribution in [1.29, 1.82) is 0 Å². The molecule has 0 aliphatic carbocycles. The van der Waals surface area contributed by atoms with Crippen LogP contribution in [-0.2, 0) is 6.54 Å². The molecule has 90 valence electrons. The molecule has 0 aliphatic rings. The quantitative estimate of drug-likeness (QED) is 0.818. The van der Waals surface area contributed by atoms with E-state index >= 15 is 0 Å². The van der Waals surface area contributed by atoms with Gasteiger partial charge in [0.1, 0.15) is 5.82 Å². The predicted octanol–water partition coefficient (Wildman–Crippen LogP) is 4.54. The lowest BCUT2D eigenvalue weighted by Crippen LogP contribution is -2.01. The lowest BCUT2D eigenvalue weighted by molar-refractivity contribution is 0.496. The van der Waals surface area contributed by atoms with Crippen LogP contribution in [0.1, 0.15) is 4.88 Å². The van der Waals surface area contributed by atoms with E-state index in [0.29, 0.717) is 12.6 Å². The molecule has 0 amide bonds. The molecule has 2 aromatic rings. The van der Waals surface area contributed by atoms with E-state index in [1.807, 2.05) is 12.1 Å². The van der Waals surface area contributed by atoms with Crippen LogP contribution in [0.25, 0.3) is 0 Å². The standard InChI is InChI=1S/C11H7BrF3NS/c12-11-2-1-6(17-11)5-16-10-4-8(14)7(13)3-9(10)15/h1-4,16H,5H2. The maximum atomic E-state index is 13.3. The van der Waals surface area contributed by atoms with Gasteiger partial charge in [-0.2, -0.15) is 0 Å². The number of rotatable bonds is 3. The van der Waals surface area contributed by atoms with Crippen molar-refractivity contribution < 1.29 is 13.2 Å². The zero-order valence-electron chi connectivity index (χ0n) is 8.44. The highest BCUT2D eigenvalue weighted by atomic mass is 79.9. The van der Waals surface area contributed by atoms with E-state index in [4.69, 9.17) is 0 Å². The summed E-state index contributed by atoms with van der Waals surface area (Å²) in [4.78, 5) is 0.959. The first-order chi connectivity index (χ1) is 8.06. The summed E-state index contributed by atoms with van der Waals surface area (Å²) in [5, 5.41) is 2.72. The zero-order chi connectivity index (χ0) is 12.4. The fourth-order valence-electron chi connectivity index (χ4n) is 1.29. The average molecular weight is 322 g/mol. The average Bonchev–Trinajstić information content (AvgIpc) is 2.68. The first kappa shape index (κ1) is 12.4. The van der Waals surface area contributed by atoms with Crippen LogP contribution < -0.4 is 5.32 Å². The van der Waals surface area contributed by atoms with Gasteiger partial charge in [-0.1, -0.05) is 0 Å². The van der Waals surface area contributed by atoms with Gasteiger partial charge in [-0.3, -0.25) is 0 Å². The lowest BCUT2D eigenvalue weighted by Gasteiger charge is -2.06. The van der Waals surface area contributed by atoms with E-state index in [1.165, 1.54) is 11.3 Å². The molecule has 0 unspecified atom stereocenters. The summed E-state index contributed by atoms with van der Waals surface area (Å²) in [5.74, 6) is -3.06. The van der Waals surface area contributed by atoms with Gasteiger partial charge in [0.05, 0.1) is 9.47 Å². The van der Waals surface area contributed by atoms with E-state index in [9.17, 15) is 13.2 Å². The fourth-order valence-corrected chi connectivity index (χ4v) is 2.71. The topological polar surface area (TPSA) is 12.0 Å². The first-order valence-electron chi connectivity index (χ1n) is 4.69. The van der Waals surface area contributed by atoms with Crippen molar-refractivity contribution >= 4 is 33.0 Å². The van der Waals surface area contributed by atoms with Crippen LogP contribution in [0.2, 0.25) is 0 Å². The van der Waals surface area contributed by atoms with Crippen molar-refractivity contribution in [2.24, 2.45) is 0 Å². The molecule has 0 spiro atoms. The Morgan fingerprint density at radius 2 is 1.76 bits per heavy atom. The summed E-state index contributed by atoms with van der Waals surface area (Å²) in [7, 11) is 0. The molecule has 0 radical (unpaired) electrons. The van der Waals surface area contributed by atoms with Crippen LogP contribution in [-0.4, -0.2) is 0 Å². The van der Waals surface area contributed by atoms with E-state index < -0.39 is 17.5 Å². The molecule has 1 N–H and O–H groups in total. The van der Waals surface area contributed by atoms with Crippen LogP contribution in [0.4, 0.5) is 18.9 Å². The smallest absolute Gasteiger partial charge is 0.161 e. The highest BCUT2D eigenvalue weighted by Crippen LogP contribution is 2.24. The summed E-state index contributed by atoms with van der Waals surface area (Å²) in [6, 6.07) is 5.07. The first-order valence-corrected chi connectivity index (χ1v) is 6.30. The van der Waals surface area contributed by atoms with Crippen molar-refractivity contribution in [3.8, 4) is 0 Å². The molecule has 1 aromatic carbocycles. The summed E-state index contributed by atoms with van der Waals surface area (Å²) in [6.07, 6.45) is 0. The molecule has 1 nitrogen and oxygen atoms in total. The summed E-state index contributed by atoms with van der Waals surface area (Å²) >= 11 is 4.79. The molecule has 6 heteroatoms. The van der Waals surface area contributed by atoms with Crippen LogP contribution in [0, 0.1) is 17.5 Å². The van der Waals surface area contributed by atoms with Gasteiger partial charge >= 0.3 is 0 Å². The van der Waals surface area contributed by atoms with Gasteiger partial charge in [0.15, 0.2) is 11.6 Å². The van der Waals surface area contributed by atoms with Gasteiger partial charge in [-0.25, -0.2) is 13.2 Å². The van der Waals surface area contributed by atoms with Crippen LogP contribution in [0.3, 0.4) is 0 Å². The second-order valence-electron chi connectivity index (χ2n) is 3.31. The minimum atomic E-state index is -1.19. The second-order valence-corrected chi connectivity index (χ2v) is 5.85. The van der Waals surface area contributed by atoms with Crippen molar-refractivity contribution in [2.75, 3.05) is 5.32 Å². The molecular weight excluding hydrogens is 315 g/mol.